The molecule has 0 bridgehead atoms. The number of hydrogen-bond donors (Lipinski definition) is 0. The minimum absolute atomic E-state index is 0. The van der Waals surface area contributed by atoms with Crippen LogP contribution in [0.25, 0.3) is 11.3 Å². The Hall–Kier alpha value is -1.43. The van der Waals surface area contributed by atoms with Crippen LogP contribution in [0.15, 0.2) is 37.1 Å². The van der Waals surface area contributed by atoms with E-state index in [9.17, 15) is 0 Å². The zero-order valence-corrected chi connectivity index (χ0v) is 12.5. The van der Waals surface area contributed by atoms with Gasteiger partial charge in [-0.05, 0) is 26.0 Å². The maximum Gasteiger partial charge on any atom is 0.175 e. The molecular formula is C14H20ClN3O2. The highest BCUT2D eigenvalue weighted by atomic mass is 35.5. The van der Waals surface area contributed by atoms with Crippen molar-refractivity contribution in [3.8, 4) is 11.3 Å². The number of rotatable bonds is 7. The fourth-order valence-corrected chi connectivity index (χ4v) is 1.82. The highest BCUT2D eigenvalue weighted by molar-refractivity contribution is 5.85. The van der Waals surface area contributed by atoms with Crippen LogP contribution in [0.5, 0.6) is 0 Å². The Balaban J connectivity index is 0.00000200. The zero-order valence-electron chi connectivity index (χ0n) is 11.7. The van der Waals surface area contributed by atoms with Gasteiger partial charge in [0.1, 0.15) is 0 Å². The summed E-state index contributed by atoms with van der Waals surface area (Å²) in [7, 11) is 0. The van der Waals surface area contributed by atoms with Crippen molar-refractivity contribution in [2.24, 2.45) is 0 Å². The molecule has 0 amide bonds. The summed E-state index contributed by atoms with van der Waals surface area (Å²) < 4.78 is 13.0. The smallest absolute Gasteiger partial charge is 0.175 e. The average molecular weight is 298 g/mol. The number of ether oxygens (including phenoxy) is 2. The minimum atomic E-state index is -0.231. The Bertz CT molecular complexity index is 484. The summed E-state index contributed by atoms with van der Waals surface area (Å²) in [5.41, 5.74) is 1.91. The number of nitrogens with zero attached hydrogens (tertiary/aromatic N) is 3. The number of pyridine rings is 1. The van der Waals surface area contributed by atoms with E-state index in [0.717, 1.165) is 11.3 Å². The first-order chi connectivity index (χ1) is 9.33. The van der Waals surface area contributed by atoms with E-state index >= 15 is 0 Å². The molecule has 6 heteroatoms. The molecule has 0 spiro atoms. The van der Waals surface area contributed by atoms with Crippen molar-refractivity contribution in [3.05, 3.63) is 37.1 Å². The molecule has 5 nitrogen and oxygen atoms in total. The summed E-state index contributed by atoms with van der Waals surface area (Å²) in [6.45, 7) is 5.82. The maximum atomic E-state index is 5.52. The van der Waals surface area contributed by atoms with Crippen LogP contribution in [0.1, 0.15) is 13.8 Å². The average Bonchev–Trinajstić information content (AvgIpc) is 2.89. The first kappa shape index (κ1) is 16.6. The van der Waals surface area contributed by atoms with Crippen LogP contribution in [0.2, 0.25) is 0 Å². The lowest BCUT2D eigenvalue weighted by Gasteiger charge is -2.16. The second-order valence-electron chi connectivity index (χ2n) is 4.04. The van der Waals surface area contributed by atoms with Crippen molar-refractivity contribution in [1.82, 2.24) is 14.5 Å². The molecule has 0 saturated carbocycles. The second kappa shape index (κ2) is 8.68. The zero-order chi connectivity index (χ0) is 13.5. The van der Waals surface area contributed by atoms with E-state index in [0.29, 0.717) is 19.8 Å². The molecule has 20 heavy (non-hydrogen) atoms. The summed E-state index contributed by atoms with van der Waals surface area (Å²) >= 11 is 0. The van der Waals surface area contributed by atoms with E-state index in [1.165, 1.54) is 0 Å². The van der Waals surface area contributed by atoms with Gasteiger partial charge in [0.2, 0.25) is 0 Å². The molecule has 0 unspecified atom stereocenters. The van der Waals surface area contributed by atoms with Crippen molar-refractivity contribution in [3.63, 3.8) is 0 Å². The van der Waals surface area contributed by atoms with Gasteiger partial charge in [-0.1, -0.05) is 0 Å². The minimum Gasteiger partial charge on any atom is -0.351 e. The predicted molar refractivity (Wildman–Crippen MR) is 79.7 cm³/mol. The lowest BCUT2D eigenvalue weighted by Crippen LogP contribution is -2.23. The van der Waals surface area contributed by atoms with Crippen LogP contribution >= 0.6 is 12.4 Å². The van der Waals surface area contributed by atoms with Crippen LogP contribution in [0, 0.1) is 0 Å². The SMILES string of the molecule is CCOC(Cn1cnc(-c2cccnc2)c1)OCC.Cl. The summed E-state index contributed by atoms with van der Waals surface area (Å²) in [6, 6.07) is 3.89. The van der Waals surface area contributed by atoms with Gasteiger partial charge in [-0.25, -0.2) is 4.98 Å². The van der Waals surface area contributed by atoms with Gasteiger partial charge in [0.25, 0.3) is 0 Å². The van der Waals surface area contributed by atoms with Crippen molar-refractivity contribution in [2.45, 2.75) is 26.7 Å². The fraction of sp³-hybridized carbons (Fsp3) is 0.429. The molecule has 2 aromatic rings. The lowest BCUT2D eigenvalue weighted by atomic mass is 10.2. The molecular weight excluding hydrogens is 278 g/mol. The monoisotopic (exact) mass is 297 g/mol. The van der Waals surface area contributed by atoms with Crippen LogP contribution in [0.3, 0.4) is 0 Å². The van der Waals surface area contributed by atoms with E-state index in [2.05, 4.69) is 9.97 Å². The lowest BCUT2D eigenvalue weighted by molar-refractivity contribution is -0.143. The van der Waals surface area contributed by atoms with Gasteiger partial charge in [0.15, 0.2) is 6.29 Å². The third-order valence-corrected chi connectivity index (χ3v) is 2.66. The molecule has 0 saturated heterocycles. The number of aromatic nitrogens is 3. The van der Waals surface area contributed by atoms with Gasteiger partial charge in [-0.3, -0.25) is 4.98 Å². The van der Waals surface area contributed by atoms with E-state index in [1.54, 1.807) is 18.7 Å². The highest BCUT2D eigenvalue weighted by Gasteiger charge is 2.10. The largest absolute Gasteiger partial charge is 0.351 e. The number of hydrogen-bond acceptors (Lipinski definition) is 4. The third-order valence-electron chi connectivity index (χ3n) is 2.66. The molecule has 0 radical (unpaired) electrons. The standard InChI is InChI=1S/C14H19N3O2.ClH/c1-3-18-14(19-4-2)10-17-9-13(16-11-17)12-6-5-7-15-8-12;/h5-9,11,14H,3-4,10H2,1-2H3;1H. The van der Waals surface area contributed by atoms with Crippen LogP contribution < -0.4 is 0 Å². The van der Waals surface area contributed by atoms with Gasteiger partial charge < -0.3 is 14.0 Å². The second-order valence-corrected chi connectivity index (χ2v) is 4.04. The molecule has 2 heterocycles. The Morgan fingerprint density at radius 3 is 2.60 bits per heavy atom. The maximum absolute atomic E-state index is 5.52. The topological polar surface area (TPSA) is 49.2 Å². The summed E-state index contributed by atoms with van der Waals surface area (Å²) in [5.74, 6) is 0. The highest BCUT2D eigenvalue weighted by Crippen LogP contribution is 2.15. The summed E-state index contributed by atoms with van der Waals surface area (Å²) in [6.07, 6.45) is 7.08. The van der Waals surface area contributed by atoms with Gasteiger partial charge in [-0.2, -0.15) is 0 Å². The molecule has 0 aromatic carbocycles. The van der Waals surface area contributed by atoms with Crippen molar-refractivity contribution in [1.29, 1.82) is 0 Å². The Morgan fingerprint density at radius 2 is 2.00 bits per heavy atom. The fourth-order valence-electron chi connectivity index (χ4n) is 1.82. The molecule has 110 valence electrons. The first-order valence-corrected chi connectivity index (χ1v) is 6.48. The number of imidazole rings is 1. The van der Waals surface area contributed by atoms with Crippen LogP contribution in [-0.2, 0) is 16.0 Å². The quantitative estimate of drug-likeness (QED) is 0.737. The predicted octanol–water partition coefficient (Wildman–Crippen LogP) is 2.77. The molecule has 0 aliphatic carbocycles. The molecule has 0 atom stereocenters. The van der Waals surface area contributed by atoms with Crippen molar-refractivity contribution < 1.29 is 9.47 Å². The Labute approximate surface area is 125 Å². The van der Waals surface area contributed by atoms with Crippen LogP contribution in [0.4, 0.5) is 0 Å². The van der Waals surface area contributed by atoms with Gasteiger partial charge in [0.05, 0.1) is 18.6 Å². The van der Waals surface area contributed by atoms with E-state index in [4.69, 9.17) is 9.47 Å². The summed E-state index contributed by atoms with van der Waals surface area (Å²) in [4.78, 5) is 8.46. The molecule has 0 aliphatic heterocycles. The Kier molecular flexibility index (Phi) is 7.22. The summed E-state index contributed by atoms with van der Waals surface area (Å²) in [5, 5.41) is 0. The van der Waals surface area contributed by atoms with E-state index in [-0.39, 0.29) is 18.7 Å². The van der Waals surface area contributed by atoms with Crippen molar-refractivity contribution >= 4 is 12.4 Å². The van der Waals surface area contributed by atoms with Gasteiger partial charge in [0, 0.05) is 37.4 Å². The normalized spacial score (nSPS) is 10.6. The van der Waals surface area contributed by atoms with E-state index < -0.39 is 0 Å². The van der Waals surface area contributed by atoms with Gasteiger partial charge in [-0.15, -0.1) is 12.4 Å². The molecule has 0 N–H and O–H groups in total. The van der Waals surface area contributed by atoms with Crippen LogP contribution in [-0.4, -0.2) is 34.0 Å². The molecule has 0 fully saturated rings. The number of halogens is 1. The third kappa shape index (κ3) is 4.59. The van der Waals surface area contributed by atoms with Gasteiger partial charge >= 0.3 is 0 Å². The molecule has 0 aliphatic rings. The first-order valence-electron chi connectivity index (χ1n) is 6.48. The van der Waals surface area contributed by atoms with E-state index in [1.807, 2.05) is 36.7 Å². The molecule has 2 rings (SSSR count). The van der Waals surface area contributed by atoms with Crippen molar-refractivity contribution in [2.75, 3.05) is 13.2 Å². The Morgan fingerprint density at radius 1 is 1.25 bits per heavy atom. The molecule has 2 aromatic heterocycles.